The maximum absolute atomic E-state index is 13.4. The summed E-state index contributed by atoms with van der Waals surface area (Å²) in [5, 5.41) is 7.12. The Morgan fingerprint density at radius 1 is 1.19 bits per heavy atom. The van der Waals surface area contributed by atoms with Gasteiger partial charge in [-0.25, -0.2) is 9.78 Å². The van der Waals surface area contributed by atoms with Gasteiger partial charge < -0.3 is 20.3 Å². The summed E-state index contributed by atoms with van der Waals surface area (Å²) in [6.45, 7) is 3.07. The molecule has 3 fully saturated rings. The van der Waals surface area contributed by atoms with E-state index in [-0.39, 0.29) is 6.04 Å². The van der Waals surface area contributed by atoms with Crippen molar-refractivity contribution in [2.75, 3.05) is 39.5 Å². The van der Waals surface area contributed by atoms with Crippen molar-refractivity contribution in [3.8, 4) is 5.88 Å². The Labute approximate surface area is 215 Å². The van der Waals surface area contributed by atoms with Crippen LogP contribution in [0.4, 0.5) is 13.2 Å². The van der Waals surface area contributed by atoms with Gasteiger partial charge in [0.15, 0.2) is 0 Å². The summed E-state index contributed by atoms with van der Waals surface area (Å²) in [6, 6.07) is 3.51. The summed E-state index contributed by atoms with van der Waals surface area (Å²) in [7, 11) is -3.53. The van der Waals surface area contributed by atoms with E-state index in [2.05, 4.69) is 4.98 Å². The third-order valence-electron chi connectivity index (χ3n) is 7.01. The lowest BCUT2D eigenvalue weighted by molar-refractivity contribution is -0.192. The first-order chi connectivity index (χ1) is 17.5. The quantitative estimate of drug-likeness (QED) is 0.527. The number of alkyl halides is 3. The number of morpholine rings is 1. The van der Waals surface area contributed by atoms with Gasteiger partial charge >= 0.3 is 12.1 Å². The van der Waals surface area contributed by atoms with Gasteiger partial charge in [0.2, 0.25) is 5.88 Å². The number of ether oxygens (including phenoxy) is 2. The van der Waals surface area contributed by atoms with E-state index in [4.69, 9.17) is 25.1 Å². The normalized spacial score (nSPS) is 24.3. The second-order valence-corrected chi connectivity index (χ2v) is 11.3. The Bertz CT molecular complexity index is 985. The molecule has 1 aliphatic carbocycles. The molecule has 0 unspecified atom stereocenters. The molecular weight excluding hydrogens is 517 g/mol. The number of carboxylic acids is 1. The standard InChI is InChI=1S/C21H34N4O4S.C2HF3O2/c22-14-17-6-7-23-21(12-17)29-16-20-13-19(18-4-2-1-3-5-18)15-25(20)30(26,27)24-8-10-28-11-9-24;3-2(4,5)1(6)7/h6-7,12,18-20H,1-5,8-11,13-16,22H2;(H,6,7)/t19-,20-;/m1./s1. The van der Waals surface area contributed by atoms with E-state index in [1.807, 2.05) is 12.1 Å². The Balaban J connectivity index is 0.000000479. The lowest BCUT2D eigenvalue weighted by Gasteiger charge is -2.33. The minimum absolute atomic E-state index is 0.173. The van der Waals surface area contributed by atoms with Gasteiger partial charge in [0.05, 0.1) is 19.3 Å². The summed E-state index contributed by atoms with van der Waals surface area (Å²) >= 11 is 0. The minimum atomic E-state index is -5.08. The van der Waals surface area contributed by atoms with Crippen molar-refractivity contribution in [2.24, 2.45) is 17.6 Å². The van der Waals surface area contributed by atoms with Crippen molar-refractivity contribution in [1.29, 1.82) is 0 Å². The van der Waals surface area contributed by atoms with Crippen LogP contribution in [-0.4, -0.2) is 84.8 Å². The summed E-state index contributed by atoms with van der Waals surface area (Å²) in [6.07, 6.45) is 3.69. The molecule has 2 atom stereocenters. The van der Waals surface area contributed by atoms with Gasteiger partial charge in [-0.05, 0) is 29.9 Å². The van der Waals surface area contributed by atoms with E-state index in [0.717, 1.165) is 12.0 Å². The van der Waals surface area contributed by atoms with Crippen LogP contribution in [0.1, 0.15) is 44.1 Å². The molecule has 3 N–H and O–H groups in total. The minimum Gasteiger partial charge on any atom is -0.476 e. The maximum Gasteiger partial charge on any atom is 0.490 e. The van der Waals surface area contributed by atoms with E-state index >= 15 is 0 Å². The van der Waals surface area contributed by atoms with Crippen molar-refractivity contribution in [2.45, 2.75) is 57.3 Å². The number of rotatable bonds is 7. The van der Waals surface area contributed by atoms with Crippen LogP contribution >= 0.6 is 0 Å². The van der Waals surface area contributed by atoms with Crippen molar-refractivity contribution < 1.29 is 41.0 Å². The molecule has 1 aromatic rings. The van der Waals surface area contributed by atoms with E-state index < -0.39 is 22.4 Å². The van der Waals surface area contributed by atoms with E-state index in [1.165, 1.54) is 32.1 Å². The monoisotopic (exact) mass is 552 g/mol. The molecule has 3 aliphatic rings. The number of pyridine rings is 1. The number of hydrogen-bond acceptors (Lipinski definition) is 7. The highest BCUT2D eigenvalue weighted by molar-refractivity contribution is 7.86. The molecule has 0 amide bonds. The Hall–Kier alpha value is -2.00. The van der Waals surface area contributed by atoms with Gasteiger partial charge in [-0.3, -0.25) is 0 Å². The first kappa shape index (κ1) is 29.6. The van der Waals surface area contributed by atoms with Gasteiger partial charge in [-0.2, -0.15) is 30.2 Å². The molecule has 1 aromatic heterocycles. The first-order valence-electron chi connectivity index (χ1n) is 12.4. The molecule has 0 aromatic carbocycles. The van der Waals surface area contributed by atoms with Crippen LogP contribution in [0.15, 0.2) is 18.3 Å². The number of carboxylic acid groups (broad SMARTS) is 1. The van der Waals surface area contributed by atoms with Crippen molar-refractivity contribution in [3.05, 3.63) is 23.9 Å². The smallest absolute Gasteiger partial charge is 0.476 e. The fraction of sp³-hybridized carbons (Fsp3) is 0.739. The van der Waals surface area contributed by atoms with E-state index in [0.29, 0.717) is 63.7 Å². The van der Waals surface area contributed by atoms with Crippen molar-refractivity contribution in [3.63, 3.8) is 0 Å². The molecule has 14 heteroatoms. The van der Waals surface area contributed by atoms with Crippen molar-refractivity contribution in [1.82, 2.24) is 13.6 Å². The lowest BCUT2D eigenvalue weighted by atomic mass is 9.79. The predicted octanol–water partition coefficient (Wildman–Crippen LogP) is 2.40. The molecule has 2 saturated heterocycles. The van der Waals surface area contributed by atoms with Crippen LogP contribution in [0.25, 0.3) is 0 Å². The predicted molar refractivity (Wildman–Crippen MR) is 128 cm³/mol. The number of nitrogens with zero attached hydrogens (tertiary/aromatic N) is 3. The van der Waals surface area contributed by atoms with Gasteiger partial charge in [0, 0.05) is 38.4 Å². The number of carbonyl (C=O) groups is 1. The fourth-order valence-corrected chi connectivity index (χ4v) is 6.88. The molecule has 1 saturated carbocycles. The fourth-order valence-electron chi connectivity index (χ4n) is 5.07. The summed E-state index contributed by atoms with van der Waals surface area (Å²) in [4.78, 5) is 13.2. The third-order valence-corrected chi connectivity index (χ3v) is 9.06. The molecule has 37 heavy (non-hydrogen) atoms. The van der Waals surface area contributed by atoms with Gasteiger partial charge in [0.25, 0.3) is 10.2 Å². The van der Waals surface area contributed by atoms with Crippen LogP contribution < -0.4 is 10.5 Å². The average Bonchev–Trinajstić information content (AvgIpc) is 3.34. The number of aliphatic carboxylic acids is 1. The van der Waals surface area contributed by atoms with Crippen LogP contribution in [0, 0.1) is 11.8 Å². The molecule has 0 radical (unpaired) electrons. The molecule has 2 aliphatic heterocycles. The molecule has 0 spiro atoms. The zero-order valence-electron chi connectivity index (χ0n) is 20.6. The number of hydrogen-bond donors (Lipinski definition) is 2. The zero-order chi connectivity index (χ0) is 27.1. The molecule has 3 heterocycles. The topological polar surface area (TPSA) is 135 Å². The van der Waals surface area contributed by atoms with Gasteiger partial charge in [-0.15, -0.1) is 0 Å². The number of nitrogens with two attached hydrogens (primary N) is 1. The molecule has 10 nitrogen and oxygen atoms in total. The largest absolute Gasteiger partial charge is 0.490 e. The highest BCUT2D eigenvalue weighted by atomic mass is 32.2. The van der Waals surface area contributed by atoms with Crippen LogP contribution in [-0.2, 0) is 26.3 Å². The van der Waals surface area contributed by atoms with Gasteiger partial charge in [-0.1, -0.05) is 32.1 Å². The van der Waals surface area contributed by atoms with Crippen LogP contribution in [0.3, 0.4) is 0 Å². The molecule has 4 rings (SSSR count). The number of aromatic nitrogens is 1. The van der Waals surface area contributed by atoms with Crippen molar-refractivity contribution >= 4 is 16.2 Å². The Morgan fingerprint density at radius 3 is 2.43 bits per heavy atom. The highest BCUT2D eigenvalue weighted by Crippen LogP contribution is 2.39. The highest BCUT2D eigenvalue weighted by Gasteiger charge is 2.45. The molecular formula is C23H35F3N4O6S. The third kappa shape index (κ3) is 8.24. The van der Waals surface area contributed by atoms with E-state index in [1.54, 1.807) is 14.8 Å². The SMILES string of the molecule is NCc1ccnc(OC[C@H]2C[C@@H](C3CCCCC3)CN2S(=O)(=O)N2CCOCC2)c1.O=C(O)C(F)(F)F. The molecule has 210 valence electrons. The van der Waals surface area contributed by atoms with E-state index in [9.17, 15) is 21.6 Å². The number of halogens is 3. The van der Waals surface area contributed by atoms with Crippen LogP contribution in [0.2, 0.25) is 0 Å². The summed E-state index contributed by atoms with van der Waals surface area (Å²) in [5.41, 5.74) is 6.66. The summed E-state index contributed by atoms with van der Waals surface area (Å²) in [5.74, 6) is -1.24. The Kier molecular flexibility index (Phi) is 10.5. The lowest BCUT2D eigenvalue weighted by Crippen LogP contribution is -2.51. The zero-order valence-corrected chi connectivity index (χ0v) is 21.4. The second-order valence-electron chi connectivity index (χ2n) is 9.46. The molecule has 0 bridgehead atoms. The Morgan fingerprint density at radius 2 is 1.84 bits per heavy atom. The van der Waals surface area contributed by atoms with Crippen LogP contribution in [0.5, 0.6) is 5.88 Å². The van der Waals surface area contributed by atoms with Gasteiger partial charge in [0.1, 0.15) is 6.61 Å². The second kappa shape index (κ2) is 13.2. The summed E-state index contributed by atoms with van der Waals surface area (Å²) < 4.78 is 73.2. The first-order valence-corrected chi connectivity index (χ1v) is 13.8. The maximum atomic E-state index is 13.4. The average molecular weight is 553 g/mol.